The lowest BCUT2D eigenvalue weighted by molar-refractivity contribution is -0.114. The van der Waals surface area contributed by atoms with E-state index in [0.29, 0.717) is 5.02 Å². The van der Waals surface area contributed by atoms with Gasteiger partial charge in [0, 0.05) is 16.1 Å². The highest BCUT2D eigenvalue weighted by molar-refractivity contribution is 6.30. The van der Waals surface area contributed by atoms with Gasteiger partial charge in [-0.3, -0.25) is 9.79 Å². The summed E-state index contributed by atoms with van der Waals surface area (Å²) < 4.78 is 0. The SMILES string of the molecule is Cl.O=C1CN=C(c2ccc(Cl)cc2)c2ccccc2N1. The van der Waals surface area contributed by atoms with Crippen LogP contribution in [0.2, 0.25) is 5.02 Å². The second-order valence-corrected chi connectivity index (χ2v) is 4.70. The molecular weight excluding hydrogens is 295 g/mol. The molecule has 1 heterocycles. The number of para-hydroxylation sites is 1. The third kappa shape index (κ3) is 2.84. The Labute approximate surface area is 128 Å². The maximum absolute atomic E-state index is 11.6. The summed E-state index contributed by atoms with van der Waals surface area (Å²) in [7, 11) is 0. The van der Waals surface area contributed by atoms with Crippen molar-refractivity contribution in [1.29, 1.82) is 0 Å². The maximum Gasteiger partial charge on any atom is 0.246 e. The van der Waals surface area contributed by atoms with Crippen molar-refractivity contribution in [3.05, 3.63) is 64.7 Å². The molecule has 3 rings (SSSR count). The van der Waals surface area contributed by atoms with Gasteiger partial charge in [0.25, 0.3) is 0 Å². The number of carbonyl (C=O) groups excluding carboxylic acids is 1. The lowest BCUT2D eigenvalue weighted by Crippen LogP contribution is -2.13. The lowest BCUT2D eigenvalue weighted by Gasteiger charge is -2.09. The van der Waals surface area contributed by atoms with E-state index in [0.717, 1.165) is 22.5 Å². The first kappa shape index (κ1) is 14.6. The number of aliphatic imine (C=N–C) groups is 1. The fourth-order valence-corrected chi connectivity index (χ4v) is 2.20. The van der Waals surface area contributed by atoms with Crippen LogP contribution in [0.1, 0.15) is 11.1 Å². The molecule has 0 spiro atoms. The van der Waals surface area contributed by atoms with Crippen molar-refractivity contribution >= 4 is 41.3 Å². The number of fused-ring (bicyclic) bond motifs is 1. The van der Waals surface area contributed by atoms with Crippen LogP contribution in [0.5, 0.6) is 0 Å². The highest BCUT2D eigenvalue weighted by atomic mass is 35.5. The van der Waals surface area contributed by atoms with E-state index >= 15 is 0 Å². The number of hydrogen-bond acceptors (Lipinski definition) is 2. The van der Waals surface area contributed by atoms with Gasteiger partial charge in [0.2, 0.25) is 5.91 Å². The number of halogens is 2. The minimum absolute atomic E-state index is 0. The number of benzene rings is 2. The smallest absolute Gasteiger partial charge is 0.246 e. The van der Waals surface area contributed by atoms with Gasteiger partial charge < -0.3 is 5.32 Å². The summed E-state index contributed by atoms with van der Waals surface area (Å²) in [6, 6.07) is 15.1. The molecule has 102 valence electrons. The Morgan fingerprint density at radius 3 is 2.50 bits per heavy atom. The van der Waals surface area contributed by atoms with E-state index < -0.39 is 0 Å². The fraction of sp³-hybridized carbons (Fsp3) is 0.0667. The van der Waals surface area contributed by atoms with Gasteiger partial charge in [-0.25, -0.2) is 0 Å². The topological polar surface area (TPSA) is 41.5 Å². The first-order valence-electron chi connectivity index (χ1n) is 5.94. The molecule has 1 aliphatic heterocycles. The van der Waals surface area contributed by atoms with Gasteiger partial charge >= 0.3 is 0 Å². The number of carbonyl (C=O) groups is 1. The Balaban J connectivity index is 0.00000147. The zero-order valence-electron chi connectivity index (χ0n) is 10.5. The Kier molecular flexibility index (Phi) is 4.42. The molecule has 0 aliphatic carbocycles. The monoisotopic (exact) mass is 306 g/mol. The van der Waals surface area contributed by atoms with Crippen LogP contribution in [0.3, 0.4) is 0 Å². The second kappa shape index (κ2) is 6.07. The zero-order valence-corrected chi connectivity index (χ0v) is 12.0. The summed E-state index contributed by atoms with van der Waals surface area (Å²) >= 11 is 5.90. The van der Waals surface area contributed by atoms with Crippen LogP contribution in [0.15, 0.2) is 53.5 Å². The average Bonchev–Trinajstić information content (AvgIpc) is 2.58. The van der Waals surface area contributed by atoms with E-state index in [1.165, 1.54) is 0 Å². The molecule has 5 heteroatoms. The van der Waals surface area contributed by atoms with Gasteiger partial charge in [-0.15, -0.1) is 12.4 Å². The summed E-state index contributed by atoms with van der Waals surface area (Å²) in [5.41, 5.74) is 3.48. The van der Waals surface area contributed by atoms with Crippen molar-refractivity contribution in [3.63, 3.8) is 0 Å². The lowest BCUT2D eigenvalue weighted by atomic mass is 10.0. The van der Waals surface area contributed by atoms with Gasteiger partial charge in [-0.1, -0.05) is 41.9 Å². The molecule has 2 aromatic rings. The Hall–Kier alpha value is -1.84. The molecule has 0 bridgehead atoms. The summed E-state index contributed by atoms with van der Waals surface area (Å²) in [5.74, 6) is -0.101. The zero-order chi connectivity index (χ0) is 13.2. The molecule has 0 atom stereocenters. The van der Waals surface area contributed by atoms with Crippen molar-refractivity contribution in [2.45, 2.75) is 0 Å². The summed E-state index contributed by atoms with van der Waals surface area (Å²) in [6.07, 6.45) is 0. The number of rotatable bonds is 1. The molecule has 0 fully saturated rings. The predicted molar refractivity (Wildman–Crippen MR) is 84.3 cm³/mol. The van der Waals surface area contributed by atoms with Crippen LogP contribution in [0, 0.1) is 0 Å². The molecule has 0 radical (unpaired) electrons. The molecule has 20 heavy (non-hydrogen) atoms. The van der Waals surface area contributed by atoms with Gasteiger partial charge in [-0.2, -0.15) is 0 Å². The van der Waals surface area contributed by atoms with Gasteiger partial charge in [-0.05, 0) is 18.2 Å². The summed E-state index contributed by atoms with van der Waals surface area (Å²) in [5, 5.41) is 3.53. The van der Waals surface area contributed by atoms with Gasteiger partial charge in [0.1, 0.15) is 6.54 Å². The number of nitrogens with one attached hydrogen (secondary N) is 1. The van der Waals surface area contributed by atoms with E-state index in [4.69, 9.17) is 11.6 Å². The Morgan fingerprint density at radius 1 is 1.05 bits per heavy atom. The predicted octanol–water partition coefficient (Wildman–Crippen LogP) is 3.55. The number of amides is 1. The standard InChI is InChI=1S/C15H11ClN2O.ClH/c16-11-7-5-10(6-8-11)15-12-3-1-2-4-13(12)18-14(19)9-17-15;/h1-8H,9H2,(H,18,19);1H. The summed E-state index contributed by atoms with van der Waals surface area (Å²) in [4.78, 5) is 16.0. The number of anilines is 1. The van der Waals surface area contributed by atoms with Crippen LogP contribution in [-0.2, 0) is 4.79 Å². The first-order valence-corrected chi connectivity index (χ1v) is 6.31. The molecule has 0 unspecified atom stereocenters. The molecule has 0 aromatic heterocycles. The maximum atomic E-state index is 11.6. The molecule has 0 saturated carbocycles. The Morgan fingerprint density at radius 2 is 1.75 bits per heavy atom. The van der Waals surface area contributed by atoms with Crippen molar-refractivity contribution < 1.29 is 4.79 Å². The van der Waals surface area contributed by atoms with Gasteiger partial charge in [0.05, 0.1) is 11.4 Å². The first-order chi connectivity index (χ1) is 9.24. The third-order valence-electron chi connectivity index (χ3n) is 2.95. The molecule has 1 aliphatic rings. The van der Waals surface area contributed by atoms with Gasteiger partial charge in [0.15, 0.2) is 0 Å². The van der Waals surface area contributed by atoms with Crippen LogP contribution in [0.25, 0.3) is 0 Å². The molecule has 1 amide bonds. The number of nitrogens with zero attached hydrogens (tertiary/aromatic N) is 1. The normalized spacial score (nSPS) is 13.4. The van der Waals surface area contributed by atoms with Crippen molar-refractivity contribution in [2.24, 2.45) is 4.99 Å². The quantitative estimate of drug-likeness (QED) is 0.860. The second-order valence-electron chi connectivity index (χ2n) is 4.27. The van der Waals surface area contributed by atoms with Crippen LogP contribution < -0.4 is 5.32 Å². The van der Waals surface area contributed by atoms with E-state index in [1.807, 2.05) is 48.5 Å². The highest BCUT2D eigenvalue weighted by Gasteiger charge is 2.16. The van der Waals surface area contributed by atoms with Crippen molar-refractivity contribution in [2.75, 3.05) is 11.9 Å². The third-order valence-corrected chi connectivity index (χ3v) is 3.21. The van der Waals surface area contributed by atoms with E-state index in [9.17, 15) is 4.79 Å². The molecule has 2 aromatic carbocycles. The van der Waals surface area contributed by atoms with Crippen molar-refractivity contribution in [3.8, 4) is 0 Å². The fourth-order valence-electron chi connectivity index (χ4n) is 2.08. The molecule has 0 saturated heterocycles. The number of benzodiazepines with no additional fused rings is 1. The van der Waals surface area contributed by atoms with Crippen LogP contribution >= 0.6 is 24.0 Å². The molecule has 3 nitrogen and oxygen atoms in total. The Bertz CT molecular complexity index is 666. The molecular formula is C15H12Cl2N2O. The minimum Gasteiger partial charge on any atom is -0.324 e. The minimum atomic E-state index is -0.101. The van der Waals surface area contributed by atoms with E-state index in [1.54, 1.807) is 0 Å². The van der Waals surface area contributed by atoms with Crippen LogP contribution in [-0.4, -0.2) is 18.2 Å². The highest BCUT2D eigenvalue weighted by Crippen LogP contribution is 2.23. The van der Waals surface area contributed by atoms with Crippen LogP contribution in [0.4, 0.5) is 5.69 Å². The number of hydrogen-bond donors (Lipinski definition) is 1. The van der Waals surface area contributed by atoms with E-state index in [2.05, 4.69) is 10.3 Å². The average molecular weight is 307 g/mol. The van der Waals surface area contributed by atoms with Crippen molar-refractivity contribution in [1.82, 2.24) is 0 Å². The van der Waals surface area contributed by atoms with E-state index in [-0.39, 0.29) is 24.9 Å². The largest absolute Gasteiger partial charge is 0.324 e. The summed E-state index contributed by atoms with van der Waals surface area (Å²) in [6.45, 7) is 0.132. The molecule has 1 N–H and O–H groups in total.